The largest absolute Gasteiger partial charge is 0.495 e. The fourth-order valence-electron chi connectivity index (χ4n) is 2.69. The molecule has 3 rings (SSSR count). The molecule has 24 heavy (non-hydrogen) atoms. The van der Waals surface area contributed by atoms with Crippen molar-refractivity contribution in [1.82, 2.24) is 9.47 Å². The number of hydrogen-bond acceptors (Lipinski definition) is 5. The topological polar surface area (TPSA) is 81.0 Å². The average molecular weight is 347 g/mol. The summed E-state index contributed by atoms with van der Waals surface area (Å²) in [4.78, 5) is 40.9. The van der Waals surface area contributed by atoms with Gasteiger partial charge in [0.05, 0.1) is 11.8 Å². The molecular formula is C16H17N3O4S. The van der Waals surface area contributed by atoms with Crippen LogP contribution in [0.15, 0.2) is 17.1 Å². The summed E-state index contributed by atoms with van der Waals surface area (Å²) in [6, 6.07) is 3.82. The Labute approximate surface area is 142 Å². The number of ether oxygens (including phenoxy) is 1. The molecule has 1 aromatic heterocycles. The van der Waals surface area contributed by atoms with Crippen molar-refractivity contribution in [2.24, 2.45) is 12.0 Å². The van der Waals surface area contributed by atoms with Crippen LogP contribution in [0.1, 0.15) is 18.4 Å². The Bertz CT molecular complexity index is 909. The summed E-state index contributed by atoms with van der Waals surface area (Å²) >= 11 is 1.37. The first-order valence-electron chi connectivity index (χ1n) is 7.46. The third-order valence-electron chi connectivity index (χ3n) is 4.00. The van der Waals surface area contributed by atoms with Gasteiger partial charge in [0.2, 0.25) is 11.8 Å². The number of aryl methyl sites for hydroxylation is 2. The molecule has 1 aromatic carbocycles. The number of hydrogen-bond donors (Lipinski definition) is 0. The summed E-state index contributed by atoms with van der Waals surface area (Å²) in [6.45, 7) is 1.67. The van der Waals surface area contributed by atoms with Crippen LogP contribution in [0.25, 0.3) is 10.2 Å². The molecule has 7 nitrogen and oxygen atoms in total. The summed E-state index contributed by atoms with van der Waals surface area (Å²) in [5.41, 5.74) is 1.92. The van der Waals surface area contributed by atoms with Crippen LogP contribution < -0.4 is 9.54 Å². The van der Waals surface area contributed by atoms with Gasteiger partial charge in [-0.25, -0.2) is 0 Å². The monoisotopic (exact) mass is 347 g/mol. The van der Waals surface area contributed by atoms with Gasteiger partial charge in [0.25, 0.3) is 5.91 Å². The van der Waals surface area contributed by atoms with E-state index in [1.165, 1.54) is 11.3 Å². The van der Waals surface area contributed by atoms with Gasteiger partial charge in [-0.3, -0.25) is 19.3 Å². The van der Waals surface area contributed by atoms with Crippen LogP contribution in [0.4, 0.5) is 0 Å². The number of fused-ring (bicyclic) bond motifs is 1. The third kappa shape index (κ3) is 2.73. The Morgan fingerprint density at radius 2 is 1.96 bits per heavy atom. The normalized spacial score (nSPS) is 15.6. The maximum atomic E-state index is 12.2. The van der Waals surface area contributed by atoms with Crippen molar-refractivity contribution in [2.75, 3.05) is 13.7 Å². The molecule has 0 N–H and O–H groups in total. The standard InChI is InChI=1S/C16H17N3O4S/c1-9-4-5-10(23-3)14-15(9)24-16(18(14)2)17-11(20)8-19-12(21)6-7-13(19)22/h4-5H,6-8H2,1-3H3. The molecule has 0 unspecified atom stereocenters. The molecular weight excluding hydrogens is 330 g/mol. The summed E-state index contributed by atoms with van der Waals surface area (Å²) in [6.07, 6.45) is 0.332. The van der Waals surface area contributed by atoms with Gasteiger partial charge in [0, 0.05) is 19.9 Å². The molecule has 0 spiro atoms. The lowest BCUT2D eigenvalue weighted by molar-refractivity contribution is -0.141. The van der Waals surface area contributed by atoms with E-state index in [-0.39, 0.29) is 31.2 Å². The molecule has 0 bridgehead atoms. The third-order valence-corrected chi connectivity index (χ3v) is 5.26. The van der Waals surface area contributed by atoms with Gasteiger partial charge in [-0.05, 0) is 18.6 Å². The second-order valence-electron chi connectivity index (χ2n) is 5.59. The minimum absolute atomic E-state index is 0.166. The Balaban J connectivity index is 2.00. The molecule has 2 heterocycles. The van der Waals surface area contributed by atoms with Crippen molar-refractivity contribution in [3.63, 3.8) is 0 Å². The predicted octanol–water partition coefficient (Wildman–Crippen LogP) is 1.13. The highest BCUT2D eigenvalue weighted by Gasteiger charge is 2.30. The second kappa shape index (κ2) is 6.20. The van der Waals surface area contributed by atoms with Crippen LogP contribution in [0, 0.1) is 6.92 Å². The van der Waals surface area contributed by atoms with E-state index in [2.05, 4.69) is 4.99 Å². The van der Waals surface area contributed by atoms with Crippen molar-refractivity contribution in [1.29, 1.82) is 0 Å². The van der Waals surface area contributed by atoms with Gasteiger partial charge in [0.15, 0.2) is 4.80 Å². The van der Waals surface area contributed by atoms with E-state index < -0.39 is 5.91 Å². The molecule has 8 heteroatoms. The number of rotatable bonds is 3. The van der Waals surface area contributed by atoms with Crippen LogP contribution >= 0.6 is 11.3 Å². The van der Waals surface area contributed by atoms with Gasteiger partial charge < -0.3 is 9.30 Å². The lowest BCUT2D eigenvalue weighted by atomic mass is 10.2. The number of amides is 3. The van der Waals surface area contributed by atoms with Crippen LogP contribution in [0.2, 0.25) is 0 Å². The van der Waals surface area contributed by atoms with Crippen molar-refractivity contribution < 1.29 is 19.1 Å². The number of likely N-dealkylation sites (tertiary alicyclic amines) is 1. The minimum Gasteiger partial charge on any atom is -0.495 e. The molecule has 1 aliphatic heterocycles. The Morgan fingerprint density at radius 3 is 2.58 bits per heavy atom. The molecule has 0 radical (unpaired) electrons. The highest BCUT2D eigenvalue weighted by Crippen LogP contribution is 2.29. The smallest absolute Gasteiger partial charge is 0.268 e. The maximum Gasteiger partial charge on any atom is 0.268 e. The number of benzene rings is 1. The lowest BCUT2D eigenvalue weighted by Gasteiger charge is -2.09. The lowest BCUT2D eigenvalue weighted by Crippen LogP contribution is -2.34. The average Bonchev–Trinajstić information content (AvgIpc) is 3.04. The highest BCUT2D eigenvalue weighted by molar-refractivity contribution is 7.16. The number of thiazole rings is 1. The zero-order valence-electron chi connectivity index (χ0n) is 13.7. The molecule has 0 atom stereocenters. The first-order chi connectivity index (χ1) is 11.4. The minimum atomic E-state index is -0.516. The fraction of sp³-hybridized carbons (Fsp3) is 0.375. The summed E-state index contributed by atoms with van der Waals surface area (Å²) in [7, 11) is 3.40. The molecule has 1 saturated heterocycles. The van der Waals surface area contributed by atoms with Crippen molar-refractivity contribution in [3.05, 3.63) is 22.5 Å². The SMILES string of the molecule is COc1ccc(C)c2sc(=NC(=O)CN3C(=O)CCC3=O)n(C)c12. The second-order valence-corrected chi connectivity index (χ2v) is 6.56. The zero-order valence-corrected chi connectivity index (χ0v) is 14.5. The van der Waals surface area contributed by atoms with Gasteiger partial charge in [-0.15, -0.1) is 0 Å². The number of imide groups is 1. The number of nitrogens with zero attached hydrogens (tertiary/aromatic N) is 3. The molecule has 0 saturated carbocycles. The zero-order chi connectivity index (χ0) is 17.4. The van der Waals surface area contributed by atoms with Gasteiger partial charge >= 0.3 is 0 Å². The molecule has 2 aromatic rings. The first kappa shape index (κ1) is 16.4. The van der Waals surface area contributed by atoms with E-state index in [1.54, 1.807) is 18.7 Å². The Hall–Kier alpha value is -2.48. The quantitative estimate of drug-likeness (QED) is 0.780. The summed E-state index contributed by atoms with van der Waals surface area (Å²) < 4.78 is 8.15. The highest BCUT2D eigenvalue weighted by atomic mass is 32.1. The van der Waals surface area contributed by atoms with Crippen LogP contribution in [-0.4, -0.2) is 40.8 Å². The molecule has 1 fully saturated rings. The molecule has 126 valence electrons. The van der Waals surface area contributed by atoms with Crippen LogP contribution in [-0.2, 0) is 21.4 Å². The van der Waals surface area contributed by atoms with Crippen molar-refractivity contribution >= 4 is 39.3 Å². The van der Waals surface area contributed by atoms with Crippen molar-refractivity contribution in [3.8, 4) is 5.75 Å². The van der Waals surface area contributed by atoms with Crippen LogP contribution in [0.5, 0.6) is 5.75 Å². The van der Waals surface area contributed by atoms with Crippen LogP contribution in [0.3, 0.4) is 0 Å². The Kier molecular flexibility index (Phi) is 4.23. The predicted molar refractivity (Wildman–Crippen MR) is 88.6 cm³/mol. The van der Waals surface area contributed by atoms with Crippen molar-refractivity contribution in [2.45, 2.75) is 19.8 Å². The van der Waals surface area contributed by atoms with E-state index in [4.69, 9.17) is 4.74 Å². The fourth-order valence-corrected chi connectivity index (χ4v) is 3.82. The molecule has 0 aliphatic carbocycles. The molecule has 1 aliphatic rings. The number of methoxy groups -OCH3 is 1. The number of carbonyl (C=O) groups excluding carboxylic acids is 3. The maximum absolute atomic E-state index is 12.2. The van der Waals surface area contributed by atoms with Gasteiger partial charge in [-0.1, -0.05) is 17.4 Å². The Morgan fingerprint density at radius 1 is 1.29 bits per heavy atom. The van der Waals surface area contributed by atoms with Gasteiger partial charge in [-0.2, -0.15) is 4.99 Å². The number of aromatic nitrogens is 1. The van der Waals surface area contributed by atoms with E-state index in [1.807, 2.05) is 19.1 Å². The van der Waals surface area contributed by atoms with E-state index in [0.29, 0.717) is 10.6 Å². The van der Waals surface area contributed by atoms with E-state index in [0.717, 1.165) is 20.7 Å². The van der Waals surface area contributed by atoms with E-state index >= 15 is 0 Å². The molecule has 3 amide bonds. The van der Waals surface area contributed by atoms with E-state index in [9.17, 15) is 14.4 Å². The first-order valence-corrected chi connectivity index (χ1v) is 8.28. The summed E-state index contributed by atoms with van der Waals surface area (Å²) in [5, 5.41) is 0. The number of carbonyl (C=O) groups is 3. The summed E-state index contributed by atoms with van der Waals surface area (Å²) in [5.74, 6) is -0.450. The van der Waals surface area contributed by atoms with Gasteiger partial charge in [0.1, 0.15) is 17.8 Å².